The Morgan fingerprint density at radius 2 is 1.12 bits per heavy atom. The van der Waals surface area contributed by atoms with Crippen LogP contribution in [0.15, 0.2) is 0 Å². The van der Waals surface area contributed by atoms with Gasteiger partial charge in [-0.3, -0.25) is 0 Å². The van der Waals surface area contributed by atoms with Gasteiger partial charge in [-0.1, -0.05) is 19.3 Å². The Morgan fingerprint density at radius 1 is 0.692 bits per heavy atom. The van der Waals surface area contributed by atoms with Crippen LogP contribution in [0.5, 0.6) is 0 Å². The fourth-order valence-corrected chi connectivity index (χ4v) is 18.2. The molecule has 1 fully saturated rings. The van der Waals surface area contributed by atoms with Gasteiger partial charge in [0.2, 0.25) is 0 Å². The summed E-state index contributed by atoms with van der Waals surface area (Å²) in [6.45, 7) is 21.4. The lowest BCUT2D eigenvalue weighted by Gasteiger charge is -2.43. The summed E-state index contributed by atoms with van der Waals surface area (Å²) in [5, 5.41) is 3.77. The molecule has 1 N–H and O–H groups in total. The molecule has 1 aliphatic rings. The van der Waals surface area contributed by atoms with Gasteiger partial charge in [0.05, 0.1) is 0 Å². The molecule has 1 rings (SSSR count). The Bertz CT molecular complexity index is 369. The van der Waals surface area contributed by atoms with Crippen LogP contribution >= 0.6 is 0 Å². The van der Waals surface area contributed by atoms with Crippen molar-refractivity contribution in [1.82, 2.24) is 5.32 Å². The maximum absolute atomic E-state index is 6.74. The molecule has 0 aromatic rings. The molecule has 0 spiro atoms. The zero-order valence-electron chi connectivity index (χ0n) is 19.0. The summed E-state index contributed by atoms with van der Waals surface area (Å²) in [5.41, 5.74) is 0. The van der Waals surface area contributed by atoms with Crippen LogP contribution in [-0.2, 0) is 12.3 Å². The Kier molecular flexibility index (Phi) is 9.47. The first-order chi connectivity index (χ1) is 11.7. The van der Waals surface area contributed by atoms with E-state index in [0.717, 1.165) is 19.0 Å². The smallest absolute Gasteiger partial charge is 0.417 e. The van der Waals surface area contributed by atoms with E-state index in [1.54, 1.807) is 0 Å². The van der Waals surface area contributed by atoms with Crippen molar-refractivity contribution in [3.63, 3.8) is 0 Å². The van der Waals surface area contributed by atoms with Crippen molar-refractivity contribution in [3.8, 4) is 0 Å². The molecule has 0 aliphatic heterocycles. The molecule has 26 heavy (non-hydrogen) atoms. The van der Waals surface area contributed by atoms with E-state index in [0.29, 0.717) is 6.04 Å². The molecule has 4 nitrogen and oxygen atoms in total. The number of hydrogen-bond donors (Lipinski definition) is 1. The summed E-state index contributed by atoms with van der Waals surface area (Å²) >= 11 is 0. The topological polar surface area (TPSA) is 39.7 Å². The second kappa shape index (κ2) is 9.95. The third-order valence-electron chi connectivity index (χ3n) is 4.08. The van der Waals surface area contributed by atoms with E-state index in [9.17, 15) is 0 Å². The summed E-state index contributed by atoms with van der Waals surface area (Å²) < 4.78 is 20.2. The molecule has 8 heteroatoms. The first kappa shape index (κ1) is 24.7. The van der Waals surface area contributed by atoms with Gasteiger partial charge in [-0.25, -0.2) is 0 Å². The minimum absolute atomic E-state index is 0.716. The highest BCUT2D eigenvalue weighted by Crippen LogP contribution is 2.30. The van der Waals surface area contributed by atoms with Crippen molar-refractivity contribution in [2.45, 2.75) is 110 Å². The summed E-state index contributed by atoms with van der Waals surface area (Å²) in [6.07, 6.45) is 7.93. The molecule has 0 aromatic carbocycles. The predicted octanol–water partition coefficient (Wildman–Crippen LogP) is 5.79. The van der Waals surface area contributed by atoms with Crippen molar-refractivity contribution in [1.29, 1.82) is 0 Å². The molecule has 0 heterocycles. The van der Waals surface area contributed by atoms with Gasteiger partial charge in [0.15, 0.2) is 25.0 Å². The Hall–Kier alpha value is 0.708. The Morgan fingerprint density at radius 3 is 1.50 bits per heavy atom. The van der Waals surface area contributed by atoms with Crippen molar-refractivity contribution >= 4 is 33.8 Å². The average Bonchev–Trinajstić information content (AvgIpc) is 2.39. The highest BCUT2D eigenvalue weighted by Gasteiger charge is 2.49. The lowest BCUT2D eigenvalue weighted by atomic mass is 9.95. The summed E-state index contributed by atoms with van der Waals surface area (Å²) in [5.74, 6) is 0. The third-order valence-corrected chi connectivity index (χ3v) is 16.1. The number of rotatable bonds is 11. The van der Waals surface area contributed by atoms with E-state index in [1.807, 2.05) is 0 Å². The van der Waals surface area contributed by atoms with Crippen molar-refractivity contribution < 1.29 is 12.3 Å². The Labute approximate surface area is 167 Å². The zero-order chi connectivity index (χ0) is 20.1. The van der Waals surface area contributed by atoms with E-state index in [2.05, 4.69) is 64.2 Å². The van der Waals surface area contributed by atoms with E-state index in [1.165, 1.54) is 32.1 Å². The second-order valence-corrected chi connectivity index (χ2v) is 27.7. The number of nitrogens with one attached hydrogen (secondary N) is 1. The van der Waals surface area contributed by atoms with Crippen molar-refractivity contribution in [2.75, 3.05) is 6.54 Å². The molecular weight excluding hydrogens is 391 g/mol. The van der Waals surface area contributed by atoms with Crippen LogP contribution in [0.2, 0.25) is 65.0 Å². The maximum atomic E-state index is 6.74. The van der Waals surface area contributed by atoms with Crippen molar-refractivity contribution in [2.24, 2.45) is 0 Å². The van der Waals surface area contributed by atoms with E-state index < -0.39 is 33.8 Å². The normalized spacial score (nSPS) is 18.3. The van der Waals surface area contributed by atoms with Crippen LogP contribution < -0.4 is 5.32 Å². The monoisotopic (exact) mass is 435 g/mol. The van der Waals surface area contributed by atoms with Gasteiger partial charge in [0, 0.05) is 12.1 Å². The van der Waals surface area contributed by atoms with Gasteiger partial charge in [-0.2, -0.15) is 0 Å². The molecule has 0 saturated heterocycles. The maximum Gasteiger partial charge on any atom is 0.469 e. The zero-order valence-corrected chi connectivity index (χ0v) is 23.0. The summed E-state index contributed by atoms with van der Waals surface area (Å²) in [7, 11) is -7.89. The predicted molar refractivity (Wildman–Crippen MR) is 123 cm³/mol. The molecule has 1 aliphatic carbocycles. The summed E-state index contributed by atoms with van der Waals surface area (Å²) in [6, 6.07) is 1.67. The molecule has 0 bridgehead atoms. The molecule has 1 saturated carbocycles. The first-order valence-corrected chi connectivity index (χ1v) is 22.7. The molecule has 0 amide bonds. The van der Waals surface area contributed by atoms with Gasteiger partial charge < -0.3 is 17.7 Å². The lowest BCUT2D eigenvalue weighted by molar-refractivity contribution is 0.249. The standard InChI is InChI=1S/C18H45NO3Si4/c1-23(2,3)20-26(21-24(4,5)6,22-25(7,8)9)17-13-16-19-18-14-11-10-12-15-18/h18-19H,10-17H2,1-9H3. The van der Waals surface area contributed by atoms with Crippen LogP contribution in [0.4, 0.5) is 0 Å². The quantitative estimate of drug-likeness (QED) is 0.329. The molecule has 0 unspecified atom stereocenters. The lowest BCUT2D eigenvalue weighted by Crippen LogP contribution is -2.60. The average molecular weight is 436 g/mol. The largest absolute Gasteiger partial charge is 0.469 e. The minimum atomic E-state index is -2.64. The first-order valence-electron chi connectivity index (χ1n) is 10.5. The highest BCUT2D eigenvalue weighted by molar-refractivity contribution is 6.90. The second-order valence-electron chi connectivity index (χ2n) is 10.7. The van der Waals surface area contributed by atoms with Crippen LogP contribution in [0.1, 0.15) is 38.5 Å². The molecular formula is C18H45NO3Si4. The van der Waals surface area contributed by atoms with Gasteiger partial charge in [-0.15, -0.1) is 0 Å². The van der Waals surface area contributed by atoms with Gasteiger partial charge >= 0.3 is 8.80 Å². The van der Waals surface area contributed by atoms with E-state index in [4.69, 9.17) is 12.3 Å². The van der Waals surface area contributed by atoms with Crippen molar-refractivity contribution in [3.05, 3.63) is 0 Å². The van der Waals surface area contributed by atoms with Crippen LogP contribution in [-0.4, -0.2) is 46.3 Å². The summed E-state index contributed by atoms with van der Waals surface area (Å²) in [4.78, 5) is 0. The van der Waals surface area contributed by atoms with E-state index in [-0.39, 0.29) is 0 Å². The molecule has 0 atom stereocenters. The van der Waals surface area contributed by atoms with Crippen LogP contribution in [0, 0.1) is 0 Å². The fourth-order valence-electron chi connectivity index (χ4n) is 3.53. The van der Waals surface area contributed by atoms with Crippen LogP contribution in [0.25, 0.3) is 0 Å². The van der Waals surface area contributed by atoms with Gasteiger partial charge in [0.25, 0.3) is 0 Å². The minimum Gasteiger partial charge on any atom is -0.417 e. The number of hydrogen-bond acceptors (Lipinski definition) is 4. The molecule has 0 aromatic heterocycles. The SMILES string of the molecule is C[Si](C)(C)O[Si](CCCNC1CCCCC1)(O[Si](C)(C)C)O[Si](C)(C)C. The highest BCUT2D eigenvalue weighted by atomic mass is 28.5. The fraction of sp³-hybridized carbons (Fsp3) is 1.00. The molecule has 0 radical (unpaired) electrons. The Balaban J connectivity index is 2.78. The van der Waals surface area contributed by atoms with Gasteiger partial charge in [-0.05, 0) is 84.7 Å². The van der Waals surface area contributed by atoms with Gasteiger partial charge in [0.1, 0.15) is 0 Å². The van der Waals surface area contributed by atoms with E-state index >= 15 is 0 Å². The molecule has 156 valence electrons. The third kappa shape index (κ3) is 11.5. The van der Waals surface area contributed by atoms with Crippen LogP contribution in [0.3, 0.4) is 0 Å².